The number of phenols is 1. The maximum absolute atomic E-state index is 14.0. The van der Waals surface area contributed by atoms with E-state index < -0.39 is 23.4 Å². The number of nitrogens with one attached hydrogen (secondary N) is 2. The molecule has 7 heteroatoms. The summed E-state index contributed by atoms with van der Waals surface area (Å²) in [6.07, 6.45) is 1.00. The van der Waals surface area contributed by atoms with Crippen molar-refractivity contribution in [2.24, 2.45) is 11.8 Å². The number of carbonyl (C=O) groups is 3. The van der Waals surface area contributed by atoms with Gasteiger partial charge in [0.25, 0.3) is 0 Å². The molecule has 0 bridgehead atoms. The van der Waals surface area contributed by atoms with Crippen molar-refractivity contribution in [3.8, 4) is 5.75 Å². The molecule has 6 rings (SSSR count). The SMILES string of the molecule is Cc1cc(C)c2c(c1)[C@]1(N[C@@H](Cc3ccc(O)cc3)[C@H]3C(=O)N(CCc4ccccc4)C(=O)[C@H]31)C(=O)N2. The summed E-state index contributed by atoms with van der Waals surface area (Å²) < 4.78 is 0. The average Bonchev–Trinajstić information content (AvgIpc) is 3.45. The van der Waals surface area contributed by atoms with E-state index in [1.165, 1.54) is 4.90 Å². The van der Waals surface area contributed by atoms with E-state index in [9.17, 15) is 19.5 Å². The molecule has 0 unspecified atom stereocenters. The first kappa shape index (κ1) is 23.4. The highest BCUT2D eigenvalue weighted by atomic mass is 16.3. The van der Waals surface area contributed by atoms with E-state index in [0.717, 1.165) is 33.5 Å². The van der Waals surface area contributed by atoms with Crippen molar-refractivity contribution in [1.82, 2.24) is 10.2 Å². The molecular weight excluding hydrogens is 466 g/mol. The van der Waals surface area contributed by atoms with Gasteiger partial charge < -0.3 is 10.4 Å². The van der Waals surface area contributed by atoms with Gasteiger partial charge in [0.1, 0.15) is 11.3 Å². The molecule has 0 radical (unpaired) electrons. The molecule has 3 amide bonds. The minimum atomic E-state index is -1.31. The lowest BCUT2D eigenvalue weighted by atomic mass is 9.75. The summed E-state index contributed by atoms with van der Waals surface area (Å²) >= 11 is 0. The van der Waals surface area contributed by atoms with Gasteiger partial charge in [-0.2, -0.15) is 0 Å². The molecule has 188 valence electrons. The molecule has 1 spiro atoms. The van der Waals surface area contributed by atoms with Gasteiger partial charge in [-0.05, 0) is 55.5 Å². The summed E-state index contributed by atoms with van der Waals surface area (Å²) in [6.45, 7) is 4.19. The minimum absolute atomic E-state index is 0.159. The topological polar surface area (TPSA) is 98.7 Å². The maximum atomic E-state index is 14.0. The van der Waals surface area contributed by atoms with Crippen molar-refractivity contribution in [3.05, 3.63) is 94.5 Å². The molecule has 0 saturated carbocycles. The molecule has 3 aromatic rings. The highest BCUT2D eigenvalue weighted by molar-refractivity contribution is 6.15. The summed E-state index contributed by atoms with van der Waals surface area (Å²) in [5.41, 5.74) is 4.02. The Hall–Kier alpha value is -3.97. The number of benzene rings is 3. The van der Waals surface area contributed by atoms with Crippen LogP contribution in [-0.2, 0) is 32.8 Å². The van der Waals surface area contributed by atoms with E-state index in [0.29, 0.717) is 12.8 Å². The summed E-state index contributed by atoms with van der Waals surface area (Å²) in [4.78, 5) is 43.0. The van der Waals surface area contributed by atoms with Crippen molar-refractivity contribution in [3.63, 3.8) is 0 Å². The van der Waals surface area contributed by atoms with Crippen molar-refractivity contribution in [1.29, 1.82) is 0 Å². The second-order valence-corrected chi connectivity index (χ2v) is 10.5. The number of anilines is 1. The highest BCUT2D eigenvalue weighted by Gasteiger charge is 2.70. The van der Waals surface area contributed by atoms with Crippen molar-refractivity contribution in [2.75, 3.05) is 11.9 Å². The van der Waals surface area contributed by atoms with Gasteiger partial charge in [0.2, 0.25) is 17.7 Å². The van der Waals surface area contributed by atoms with Crippen LogP contribution in [0.5, 0.6) is 5.75 Å². The third kappa shape index (κ3) is 3.56. The summed E-state index contributed by atoms with van der Waals surface area (Å²) in [6, 6.07) is 20.1. The van der Waals surface area contributed by atoms with Crippen molar-refractivity contribution >= 4 is 23.4 Å². The molecule has 2 saturated heterocycles. The predicted octanol–water partition coefficient (Wildman–Crippen LogP) is 3.21. The second kappa shape index (κ2) is 8.56. The van der Waals surface area contributed by atoms with Crippen LogP contribution in [0.3, 0.4) is 0 Å². The van der Waals surface area contributed by atoms with Crippen LogP contribution in [0.25, 0.3) is 0 Å². The Morgan fingerprint density at radius 2 is 1.65 bits per heavy atom. The lowest BCUT2D eigenvalue weighted by molar-refractivity contribution is -0.142. The molecule has 3 aliphatic heterocycles. The largest absolute Gasteiger partial charge is 0.508 e. The van der Waals surface area contributed by atoms with Gasteiger partial charge in [0, 0.05) is 23.8 Å². The third-order valence-electron chi connectivity index (χ3n) is 8.12. The van der Waals surface area contributed by atoms with Crippen LogP contribution in [0, 0.1) is 25.7 Å². The smallest absolute Gasteiger partial charge is 0.250 e. The number of fused-ring (bicyclic) bond motifs is 4. The van der Waals surface area contributed by atoms with Crippen LogP contribution in [0.15, 0.2) is 66.7 Å². The van der Waals surface area contributed by atoms with Crippen LogP contribution in [0.4, 0.5) is 5.69 Å². The van der Waals surface area contributed by atoms with Gasteiger partial charge in [0.05, 0.1) is 11.8 Å². The van der Waals surface area contributed by atoms with Gasteiger partial charge in [0.15, 0.2) is 0 Å². The number of hydrogen-bond donors (Lipinski definition) is 3. The zero-order valence-electron chi connectivity index (χ0n) is 20.8. The molecule has 4 atom stereocenters. The predicted molar refractivity (Wildman–Crippen MR) is 139 cm³/mol. The molecule has 3 aliphatic rings. The number of aromatic hydroxyl groups is 1. The van der Waals surface area contributed by atoms with Gasteiger partial charge in [-0.25, -0.2) is 0 Å². The fourth-order valence-electron chi connectivity index (χ4n) is 6.48. The molecular formula is C30H29N3O4. The second-order valence-electron chi connectivity index (χ2n) is 10.5. The average molecular weight is 496 g/mol. The first-order valence-electron chi connectivity index (χ1n) is 12.7. The van der Waals surface area contributed by atoms with Crippen LogP contribution in [-0.4, -0.2) is 40.3 Å². The normalized spacial score (nSPS) is 26.1. The van der Waals surface area contributed by atoms with Gasteiger partial charge >= 0.3 is 0 Å². The maximum Gasteiger partial charge on any atom is 0.250 e. The Morgan fingerprint density at radius 1 is 0.919 bits per heavy atom. The number of carbonyl (C=O) groups excluding carboxylic acids is 3. The first-order valence-corrected chi connectivity index (χ1v) is 12.7. The number of nitrogens with zero attached hydrogens (tertiary/aromatic N) is 1. The number of aryl methyl sites for hydroxylation is 2. The Morgan fingerprint density at radius 3 is 2.38 bits per heavy atom. The van der Waals surface area contributed by atoms with Crippen LogP contribution in [0.2, 0.25) is 0 Å². The molecule has 3 N–H and O–H groups in total. The fourth-order valence-corrected chi connectivity index (χ4v) is 6.48. The van der Waals surface area contributed by atoms with Crippen molar-refractivity contribution < 1.29 is 19.5 Å². The van der Waals surface area contributed by atoms with E-state index >= 15 is 0 Å². The minimum Gasteiger partial charge on any atom is -0.508 e. The van der Waals surface area contributed by atoms with E-state index in [1.807, 2.05) is 68.4 Å². The van der Waals surface area contributed by atoms with E-state index in [-0.39, 0.29) is 30.0 Å². The Bertz CT molecular complexity index is 1420. The van der Waals surface area contributed by atoms with E-state index in [2.05, 4.69) is 10.6 Å². The molecule has 3 heterocycles. The van der Waals surface area contributed by atoms with Crippen LogP contribution in [0.1, 0.15) is 27.8 Å². The quantitative estimate of drug-likeness (QED) is 0.472. The van der Waals surface area contributed by atoms with Crippen molar-refractivity contribution in [2.45, 2.75) is 38.3 Å². The molecule has 7 nitrogen and oxygen atoms in total. The Kier molecular flexibility index (Phi) is 5.42. The molecule has 3 aromatic carbocycles. The van der Waals surface area contributed by atoms with E-state index in [1.54, 1.807) is 12.1 Å². The fraction of sp³-hybridized carbons (Fsp3) is 0.300. The number of amides is 3. The Balaban J connectivity index is 1.42. The molecule has 2 fully saturated rings. The monoisotopic (exact) mass is 495 g/mol. The summed E-state index contributed by atoms with van der Waals surface area (Å²) in [7, 11) is 0. The third-order valence-corrected chi connectivity index (χ3v) is 8.12. The van der Waals surface area contributed by atoms with Gasteiger partial charge in [-0.15, -0.1) is 0 Å². The summed E-state index contributed by atoms with van der Waals surface area (Å²) in [5.74, 6) is -2.16. The molecule has 0 aromatic heterocycles. The first-order chi connectivity index (χ1) is 17.8. The number of likely N-dealkylation sites (tertiary alicyclic amines) is 1. The molecule has 37 heavy (non-hydrogen) atoms. The number of imide groups is 1. The number of rotatable bonds is 5. The number of phenolic OH excluding ortho intramolecular Hbond substituents is 1. The zero-order chi connectivity index (χ0) is 25.9. The highest BCUT2D eigenvalue weighted by Crippen LogP contribution is 2.54. The van der Waals surface area contributed by atoms with Gasteiger partial charge in [-0.3, -0.25) is 24.6 Å². The van der Waals surface area contributed by atoms with Gasteiger partial charge in [-0.1, -0.05) is 60.2 Å². The van der Waals surface area contributed by atoms with Crippen LogP contribution >= 0.6 is 0 Å². The molecule has 0 aliphatic carbocycles. The lowest BCUT2D eigenvalue weighted by Gasteiger charge is -2.30. The number of hydrogen-bond acceptors (Lipinski definition) is 5. The lowest BCUT2D eigenvalue weighted by Crippen LogP contribution is -2.53. The van der Waals surface area contributed by atoms with E-state index in [4.69, 9.17) is 0 Å². The summed E-state index contributed by atoms with van der Waals surface area (Å²) in [5, 5.41) is 16.2. The standard InChI is InChI=1S/C30H29N3O4/c1-17-14-18(2)26-22(15-17)30(29(37)31-26)25-24(23(32-30)16-20-8-10-21(34)11-9-20)27(35)33(28(25)36)13-12-19-6-4-3-5-7-19/h3-11,14-15,23-25,32,34H,12-13,16H2,1-2H3,(H,31,37)/t23-,24+,25-,30+/m0/s1. The van der Waals surface area contributed by atoms with Crippen LogP contribution < -0.4 is 10.6 Å². The zero-order valence-corrected chi connectivity index (χ0v) is 20.8. The Labute approximate surface area is 215 Å².